The fourth-order valence-corrected chi connectivity index (χ4v) is 2.50. The number of hydrogen-bond donors (Lipinski definition) is 3. The highest BCUT2D eigenvalue weighted by atomic mass is 32.2. The van der Waals surface area contributed by atoms with E-state index in [2.05, 4.69) is 10.3 Å². The predicted molar refractivity (Wildman–Crippen MR) is 77.5 cm³/mol. The van der Waals surface area contributed by atoms with Crippen LogP contribution in [0.5, 0.6) is 0 Å². The van der Waals surface area contributed by atoms with Gasteiger partial charge in [-0.2, -0.15) is 0 Å². The average Bonchev–Trinajstić information content (AvgIpc) is 2.40. The summed E-state index contributed by atoms with van der Waals surface area (Å²) in [6.07, 6.45) is 0.235. The fourth-order valence-electron chi connectivity index (χ4n) is 1.57. The van der Waals surface area contributed by atoms with E-state index < -0.39 is 11.0 Å². The number of carbonyl (C=O) groups is 1. The second-order valence-corrected chi connectivity index (χ2v) is 4.97. The summed E-state index contributed by atoms with van der Waals surface area (Å²) in [5, 5.41) is 21.8. The molecule has 1 amide bonds. The number of carboxylic acid groups (broad SMARTS) is 1. The molecule has 1 heterocycles. The largest absolute Gasteiger partial charge is 0.465 e. The number of anilines is 2. The van der Waals surface area contributed by atoms with Gasteiger partial charge in [0.1, 0.15) is 0 Å². The summed E-state index contributed by atoms with van der Waals surface area (Å²) < 4.78 is 0. The van der Waals surface area contributed by atoms with E-state index in [4.69, 9.17) is 10.8 Å². The van der Waals surface area contributed by atoms with Gasteiger partial charge in [0, 0.05) is 16.8 Å². The average molecular weight is 306 g/mol. The molecular formula is C12H10N4O4S. The van der Waals surface area contributed by atoms with E-state index in [9.17, 15) is 14.9 Å². The summed E-state index contributed by atoms with van der Waals surface area (Å²) in [6.45, 7) is 0. The molecule has 0 radical (unpaired) electrons. The number of pyridine rings is 1. The van der Waals surface area contributed by atoms with Crippen molar-refractivity contribution in [3.8, 4) is 0 Å². The molecule has 0 fully saturated rings. The molecule has 8 nitrogen and oxygen atoms in total. The zero-order chi connectivity index (χ0) is 15.4. The van der Waals surface area contributed by atoms with E-state index in [1.165, 1.54) is 12.3 Å². The molecule has 0 aliphatic carbocycles. The van der Waals surface area contributed by atoms with E-state index in [0.29, 0.717) is 15.5 Å². The van der Waals surface area contributed by atoms with Crippen molar-refractivity contribution in [3.05, 3.63) is 46.6 Å². The molecule has 0 aliphatic heterocycles. The zero-order valence-electron chi connectivity index (χ0n) is 10.5. The standard InChI is InChI=1S/C12H10N4O4S/c13-11-10(16(19)20)9(5-6-14-11)21-8-3-1-7(2-4-8)15-12(17)18/h1-6,15H,(H2,13,14)(H,17,18). The van der Waals surface area contributed by atoms with Crippen molar-refractivity contribution in [2.75, 3.05) is 11.1 Å². The maximum absolute atomic E-state index is 11.0. The van der Waals surface area contributed by atoms with Gasteiger partial charge in [-0.3, -0.25) is 15.4 Å². The maximum atomic E-state index is 11.0. The SMILES string of the molecule is Nc1nccc(Sc2ccc(NC(=O)O)cc2)c1[N+](=O)[O-]. The van der Waals surface area contributed by atoms with Crippen molar-refractivity contribution in [2.24, 2.45) is 0 Å². The molecule has 0 saturated carbocycles. The molecule has 0 bridgehead atoms. The molecule has 108 valence electrons. The van der Waals surface area contributed by atoms with Crippen LogP contribution in [0, 0.1) is 10.1 Å². The lowest BCUT2D eigenvalue weighted by atomic mass is 10.3. The van der Waals surface area contributed by atoms with E-state index in [1.54, 1.807) is 24.3 Å². The lowest BCUT2D eigenvalue weighted by Gasteiger charge is -2.05. The Hall–Kier alpha value is -2.81. The monoisotopic (exact) mass is 306 g/mol. The first-order valence-corrected chi connectivity index (χ1v) is 6.46. The van der Waals surface area contributed by atoms with Crippen LogP contribution in [-0.4, -0.2) is 21.1 Å². The van der Waals surface area contributed by atoms with E-state index in [0.717, 1.165) is 11.8 Å². The Balaban J connectivity index is 2.24. The first-order valence-electron chi connectivity index (χ1n) is 5.64. The Morgan fingerprint density at radius 3 is 2.57 bits per heavy atom. The molecule has 0 aliphatic rings. The molecule has 4 N–H and O–H groups in total. The van der Waals surface area contributed by atoms with Gasteiger partial charge >= 0.3 is 11.8 Å². The maximum Gasteiger partial charge on any atom is 0.409 e. The molecule has 21 heavy (non-hydrogen) atoms. The van der Waals surface area contributed by atoms with Crippen LogP contribution in [0.2, 0.25) is 0 Å². The van der Waals surface area contributed by atoms with Crippen LogP contribution < -0.4 is 11.1 Å². The first kappa shape index (κ1) is 14.6. The van der Waals surface area contributed by atoms with Crippen LogP contribution in [0.25, 0.3) is 0 Å². The van der Waals surface area contributed by atoms with E-state index >= 15 is 0 Å². The van der Waals surface area contributed by atoms with Crippen molar-refractivity contribution < 1.29 is 14.8 Å². The third-order valence-corrected chi connectivity index (χ3v) is 3.49. The minimum Gasteiger partial charge on any atom is -0.465 e. The Labute approximate surface area is 123 Å². The van der Waals surface area contributed by atoms with Gasteiger partial charge in [0.2, 0.25) is 5.82 Å². The summed E-state index contributed by atoms with van der Waals surface area (Å²) in [4.78, 5) is 25.7. The Bertz CT molecular complexity index is 690. The fraction of sp³-hybridized carbons (Fsp3) is 0. The normalized spacial score (nSPS) is 10.1. The minimum absolute atomic E-state index is 0.144. The highest BCUT2D eigenvalue weighted by Crippen LogP contribution is 2.37. The van der Waals surface area contributed by atoms with Gasteiger partial charge in [-0.25, -0.2) is 9.78 Å². The molecule has 0 atom stereocenters. The number of nitrogens with zero attached hydrogens (tertiary/aromatic N) is 2. The molecule has 2 rings (SSSR count). The van der Waals surface area contributed by atoms with Crippen LogP contribution in [-0.2, 0) is 0 Å². The molecule has 1 aromatic carbocycles. The molecule has 1 aromatic heterocycles. The van der Waals surface area contributed by atoms with Gasteiger partial charge in [0.15, 0.2) is 0 Å². The lowest BCUT2D eigenvalue weighted by Crippen LogP contribution is -2.06. The van der Waals surface area contributed by atoms with Gasteiger partial charge in [0.05, 0.1) is 9.82 Å². The van der Waals surface area contributed by atoms with Crippen LogP contribution in [0.3, 0.4) is 0 Å². The first-order chi connectivity index (χ1) is 9.97. The number of nitro groups is 1. The quantitative estimate of drug-likeness (QED) is 0.584. The second-order valence-electron chi connectivity index (χ2n) is 3.86. The summed E-state index contributed by atoms with van der Waals surface area (Å²) in [6, 6.07) is 7.93. The summed E-state index contributed by atoms with van der Waals surface area (Å²) in [5.74, 6) is -0.144. The van der Waals surface area contributed by atoms with Crippen LogP contribution >= 0.6 is 11.8 Å². The van der Waals surface area contributed by atoms with Crippen LogP contribution in [0.4, 0.5) is 22.0 Å². The van der Waals surface area contributed by atoms with E-state index in [-0.39, 0.29) is 11.5 Å². The van der Waals surface area contributed by atoms with Gasteiger partial charge in [-0.15, -0.1) is 0 Å². The van der Waals surface area contributed by atoms with Crippen LogP contribution in [0.15, 0.2) is 46.3 Å². The highest BCUT2D eigenvalue weighted by molar-refractivity contribution is 7.99. The lowest BCUT2D eigenvalue weighted by molar-refractivity contribution is -0.387. The Morgan fingerprint density at radius 1 is 1.33 bits per heavy atom. The van der Waals surface area contributed by atoms with Gasteiger partial charge in [-0.05, 0) is 30.3 Å². The third-order valence-electron chi connectivity index (χ3n) is 2.43. The minimum atomic E-state index is -1.16. The number of nitrogens with two attached hydrogens (primary N) is 1. The second kappa shape index (κ2) is 6.09. The van der Waals surface area contributed by atoms with Crippen LogP contribution in [0.1, 0.15) is 0 Å². The molecular weight excluding hydrogens is 296 g/mol. The van der Waals surface area contributed by atoms with Gasteiger partial charge < -0.3 is 10.8 Å². The molecule has 2 aromatic rings. The van der Waals surface area contributed by atoms with E-state index in [1.807, 2.05) is 0 Å². The molecule has 9 heteroatoms. The van der Waals surface area contributed by atoms with Crippen molar-refractivity contribution in [1.82, 2.24) is 4.98 Å². The predicted octanol–water partition coefficient (Wildman–Crippen LogP) is 2.81. The Morgan fingerprint density at radius 2 is 2.00 bits per heavy atom. The molecule has 0 spiro atoms. The third kappa shape index (κ3) is 3.60. The number of hydrogen-bond acceptors (Lipinski definition) is 6. The van der Waals surface area contributed by atoms with Crippen molar-refractivity contribution >= 4 is 35.0 Å². The summed E-state index contributed by atoms with van der Waals surface area (Å²) >= 11 is 1.15. The molecule has 0 saturated heterocycles. The highest BCUT2D eigenvalue weighted by Gasteiger charge is 2.19. The molecule has 0 unspecified atom stereocenters. The van der Waals surface area contributed by atoms with Gasteiger partial charge in [0.25, 0.3) is 0 Å². The summed E-state index contributed by atoms with van der Waals surface area (Å²) in [5.41, 5.74) is 5.69. The number of nitrogen functional groups attached to an aromatic ring is 1. The Kier molecular flexibility index (Phi) is 4.24. The zero-order valence-corrected chi connectivity index (χ0v) is 11.3. The van der Waals surface area contributed by atoms with Crippen molar-refractivity contribution in [3.63, 3.8) is 0 Å². The smallest absolute Gasteiger partial charge is 0.409 e. The summed E-state index contributed by atoms with van der Waals surface area (Å²) in [7, 11) is 0. The number of rotatable bonds is 4. The van der Waals surface area contributed by atoms with Crippen molar-refractivity contribution in [2.45, 2.75) is 9.79 Å². The number of amides is 1. The van der Waals surface area contributed by atoms with Crippen molar-refractivity contribution in [1.29, 1.82) is 0 Å². The number of benzene rings is 1. The number of nitrogens with one attached hydrogen (secondary N) is 1. The van der Waals surface area contributed by atoms with Gasteiger partial charge in [-0.1, -0.05) is 11.8 Å². The number of aromatic nitrogens is 1. The topological polar surface area (TPSA) is 131 Å².